The van der Waals surface area contributed by atoms with Crippen LogP contribution in [0.3, 0.4) is 0 Å². The van der Waals surface area contributed by atoms with Gasteiger partial charge in [0.25, 0.3) is 10.8 Å². The summed E-state index contributed by atoms with van der Waals surface area (Å²) in [4.78, 5) is 39.2. The van der Waals surface area contributed by atoms with Gasteiger partial charge in [-0.3, -0.25) is 14.6 Å². The van der Waals surface area contributed by atoms with E-state index in [2.05, 4.69) is 15.2 Å². The van der Waals surface area contributed by atoms with Crippen LogP contribution < -0.4 is 16.1 Å². The van der Waals surface area contributed by atoms with E-state index in [4.69, 9.17) is 4.42 Å². The van der Waals surface area contributed by atoms with Gasteiger partial charge in [-0.1, -0.05) is 30.0 Å². The zero-order valence-electron chi connectivity index (χ0n) is 14.8. The second-order valence-electron chi connectivity index (χ2n) is 6.23. The molecule has 0 radical (unpaired) electrons. The molecule has 2 aromatic heterocycles. The molecule has 1 aromatic carbocycles. The van der Waals surface area contributed by atoms with Gasteiger partial charge >= 0.3 is 5.69 Å². The molecule has 3 heterocycles. The summed E-state index contributed by atoms with van der Waals surface area (Å²) in [5.74, 6) is 0.559. The Morgan fingerprint density at radius 1 is 1.21 bits per heavy atom. The molecule has 4 rings (SSSR count). The summed E-state index contributed by atoms with van der Waals surface area (Å²) in [5.41, 5.74) is 1.21. The molecule has 0 atom stereocenters. The summed E-state index contributed by atoms with van der Waals surface area (Å²) in [6.07, 6.45) is 2.62. The van der Waals surface area contributed by atoms with Gasteiger partial charge in [0.15, 0.2) is 0 Å². The number of nitrogens with one attached hydrogen (secondary N) is 1. The fraction of sp³-hybridized carbons (Fsp3) is 0.278. The van der Waals surface area contributed by atoms with E-state index in [-0.39, 0.29) is 11.7 Å². The Balaban J connectivity index is 1.32. The molecule has 28 heavy (non-hydrogen) atoms. The summed E-state index contributed by atoms with van der Waals surface area (Å²) in [6, 6.07) is 9.17. The van der Waals surface area contributed by atoms with E-state index in [0.717, 1.165) is 12.1 Å². The van der Waals surface area contributed by atoms with E-state index in [1.807, 2.05) is 24.3 Å². The van der Waals surface area contributed by atoms with Crippen LogP contribution >= 0.6 is 11.8 Å². The number of H-pyrrole nitrogens is 1. The standard InChI is InChI=1S/C18H17N5O4S/c24-14-6-8-22(17(26)19-14)9-7-15-20-21-18(27-15)28-11-16(25)23-10-5-12-3-1-2-4-13(12)23/h1-4,6,8H,5,7,9-11H2,(H,19,24,26). The first-order chi connectivity index (χ1) is 13.6. The first-order valence-corrected chi connectivity index (χ1v) is 9.72. The normalized spacial score (nSPS) is 12.9. The second kappa shape index (κ2) is 7.85. The first kappa shape index (κ1) is 18.2. The van der Waals surface area contributed by atoms with Crippen molar-refractivity contribution in [2.75, 3.05) is 17.2 Å². The number of aromatic nitrogens is 4. The quantitative estimate of drug-likeness (QED) is 0.611. The maximum atomic E-state index is 12.5. The Kier molecular flexibility index (Phi) is 5.11. The number of rotatable bonds is 6. The molecule has 1 N–H and O–H groups in total. The average Bonchev–Trinajstić information content (AvgIpc) is 3.32. The van der Waals surface area contributed by atoms with Crippen molar-refractivity contribution in [3.8, 4) is 0 Å². The molecule has 0 saturated heterocycles. The Labute approximate surface area is 163 Å². The monoisotopic (exact) mass is 399 g/mol. The summed E-state index contributed by atoms with van der Waals surface area (Å²) in [5, 5.41) is 8.19. The summed E-state index contributed by atoms with van der Waals surface area (Å²) in [6.45, 7) is 0.979. The number of thioether (sulfide) groups is 1. The summed E-state index contributed by atoms with van der Waals surface area (Å²) >= 11 is 1.19. The SMILES string of the molecule is O=C(CSc1nnc(CCn2ccc(=O)[nH]c2=O)o1)N1CCc2ccccc21. The number of carbonyl (C=O) groups is 1. The van der Waals surface area contributed by atoms with Gasteiger partial charge in [0.1, 0.15) is 0 Å². The molecule has 0 spiro atoms. The number of fused-ring (bicyclic) bond motifs is 1. The number of aryl methyl sites for hydroxylation is 2. The van der Waals surface area contributed by atoms with E-state index in [9.17, 15) is 14.4 Å². The highest BCUT2D eigenvalue weighted by Gasteiger charge is 2.24. The number of nitrogens with zero attached hydrogens (tertiary/aromatic N) is 4. The molecular weight excluding hydrogens is 382 g/mol. The molecule has 9 nitrogen and oxygen atoms in total. The van der Waals surface area contributed by atoms with E-state index < -0.39 is 11.2 Å². The average molecular weight is 399 g/mol. The van der Waals surface area contributed by atoms with Gasteiger partial charge in [-0.05, 0) is 18.1 Å². The van der Waals surface area contributed by atoms with Crippen LogP contribution in [-0.4, -0.2) is 38.0 Å². The predicted molar refractivity (Wildman–Crippen MR) is 103 cm³/mol. The van der Waals surface area contributed by atoms with Crippen LogP contribution in [0.2, 0.25) is 0 Å². The molecule has 10 heteroatoms. The molecule has 0 aliphatic carbocycles. The van der Waals surface area contributed by atoms with Crippen LogP contribution in [0.1, 0.15) is 11.5 Å². The largest absolute Gasteiger partial charge is 0.416 e. The Bertz CT molecular complexity index is 1120. The van der Waals surface area contributed by atoms with Crippen LogP contribution in [0, 0.1) is 0 Å². The molecule has 1 aliphatic rings. The van der Waals surface area contributed by atoms with Crippen molar-refractivity contribution in [1.29, 1.82) is 0 Å². The lowest BCUT2D eigenvalue weighted by Gasteiger charge is -2.16. The number of benzene rings is 1. The van der Waals surface area contributed by atoms with Gasteiger partial charge in [0, 0.05) is 37.5 Å². The van der Waals surface area contributed by atoms with Crippen molar-refractivity contribution in [3.63, 3.8) is 0 Å². The van der Waals surface area contributed by atoms with Gasteiger partial charge in [-0.25, -0.2) is 4.79 Å². The minimum Gasteiger partial charge on any atom is -0.416 e. The highest BCUT2D eigenvalue weighted by Crippen LogP contribution is 2.28. The van der Waals surface area contributed by atoms with E-state index in [1.165, 1.54) is 34.2 Å². The Morgan fingerprint density at radius 2 is 2.07 bits per heavy atom. The van der Waals surface area contributed by atoms with Crippen molar-refractivity contribution in [2.24, 2.45) is 0 Å². The lowest BCUT2D eigenvalue weighted by molar-refractivity contribution is -0.116. The van der Waals surface area contributed by atoms with Gasteiger partial charge in [0.2, 0.25) is 11.8 Å². The highest BCUT2D eigenvalue weighted by molar-refractivity contribution is 7.99. The number of hydrogen-bond donors (Lipinski definition) is 1. The molecule has 0 saturated carbocycles. The molecule has 1 amide bonds. The topological polar surface area (TPSA) is 114 Å². The van der Waals surface area contributed by atoms with Crippen LogP contribution in [0.5, 0.6) is 0 Å². The molecule has 3 aromatic rings. The highest BCUT2D eigenvalue weighted by atomic mass is 32.2. The number of carbonyl (C=O) groups excluding carboxylic acids is 1. The van der Waals surface area contributed by atoms with Crippen molar-refractivity contribution in [3.05, 3.63) is 68.8 Å². The third-order valence-electron chi connectivity index (χ3n) is 4.42. The molecule has 144 valence electrons. The van der Waals surface area contributed by atoms with Gasteiger partial charge in [-0.15, -0.1) is 10.2 Å². The maximum Gasteiger partial charge on any atom is 0.328 e. The molecule has 0 fully saturated rings. The van der Waals surface area contributed by atoms with E-state index >= 15 is 0 Å². The number of amides is 1. The second-order valence-corrected chi connectivity index (χ2v) is 7.15. The van der Waals surface area contributed by atoms with Gasteiger partial charge in [-0.2, -0.15) is 0 Å². The van der Waals surface area contributed by atoms with Crippen LogP contribution in [0.25, 0.3) is 0 Å². The summed E-state index contributed by atoms with van der Waals surface area (Å²) < 4.78 is 6.89. The Hall–Kier alpha value is -3.14. The Morgan fingerprint density at radius 3 is 2.93 bits per heavy atom. The number of aromatic amines is 1. The molecule has 0 unspecified atom stereocenters. The maximum absolute atomic E-state index is 12.5. The van der Waals surface area contributed by atoms with E-state index in [0.29, 0.717) is 30.6 Å². The van der Waals surface area contributed by atoms with Crippen molar-refractivity contribution >= 4 is 23.4 Å². The lowest BCUT2D eigenvalue weighted by atomic mass is 10.2. The number of para-hydroxylation sites is 1. The summed E-state index contributed by atoms with van der Waals surface area (Å²) in [7, 11) is 0. The predicted octanol–water partition coefficient (Wildman–Crippen LogP) is 0.844. The zero-order chi connectivity index (χ0) is 19.5. The van der Waals surface area contributed by atoms with Gasteiger partial charge in [0.05, 0.1) is 5.75 Å². The van der Waals surface area contributed by atoms with Crippen LogP contribution in [0.4, 0.5) is 5.69 Å². The first-order valence-electron chi connectivity index (χ1n) is 8.73. The van der Waals surface area contributed by atoms with E-state index in [1.54, 1.807) is 4.90 Å². The van der Waals surface area contributed by atoms with Crippen LogP contribution in [-0.2, 0) is 24.2 Å². The minimum atomic E-state index is -0.488. The fourth-order valence-electron chi connectivity index (χ4n) is 3.03. The lowest BCUT2D eigenvalue weighted by Crippen LogP contribution is -2.30. The molecular formula is C18H17N5O4S. The van der Waals surface area contributed by atoms with Crippen LogP contribution in [0.15, 0.2) is 55.8 Å². The number of hydrogen-bond acceptors (Lipinski definition) is 7. The third-order valence-corrected chi connectivity index (χ3v) is 5.22. The van der Waals surface area contributed by atoms with Crippen molar-refractivity contribution < 1.29 is 9.21 Å². The minimum absolute atomic E-state index is 0.00510. The molecule has 0 bridgehead atoms. The third kappa shape index (κ3) is 3.91. The van der Waals surface area contributed by atoms with Gasteiger partial charge < -0.3 is 13.9 Å². The number of anilines is 1. The smallest absolute Gasteiger partial charge is 0.328 e. The fourth-order valence-corrected chi connectivity index (χ4v) is 3.69. The molecule has 1 aliphatic heterocycles. The zero-order valence-corrected chi connectivity index (χ0v) is 15.6. The van der Waals surface area contributed by atoms with Crippen molar-refractivity contribution in [1.82, 2.24) is 19.7 Å². The van der Waals surface area contributed by atoms with Crippen molar-refractivity contribution in [2.45, 2.75) is 24.6 Å².